The SMILES string of the molecule is COc1ccc(Oc2ccc(CNC(=O)C3(NC(C)=O)CC3)cc2)c(C(F)(F)F)c1. The van der Waals surface area contributed by atoms with Crippen LogP contribution in [0, 0.1) is 0 Å². The van der Waals surface area contributed by atoms with Gasteiger partial charge in [-0.15, -0.1) is 0 Å². The molecular weight excluding hydrogens is 401 g/mol. The zero-order chi connectivity index (χ0) is 21.9. The molecule has 2 aromatic carbocycles. The Bertz CT molecular complexity index is 938. The Morgan fingerprint density at radius 1 is 1.07 bits per heavy atom. The number of ether oxygens (including phenoxy) is 2. The number of hydrogen-bond acceptors (Lipinski definition) is 4. The van der Waals surface area contributed by atoms with Gasteiger partial charge < -0.3 is 20.1 Å². The number of carbonyl (C=O) groups is 2. The maximum absolute atomic E-state index is 13.3. The molecule has 30 heavy (non-hydrogen) atoms. The van der Waals surface area contributed by atoms with Crippen LogP contribution in [0.4, 0.5) is 13.2 Å². The Balaban J connectivity index is 1.64. The molecule has 0 aromatic heterocycles. The van der Waals surface area contributed by atoms with Gasteiger partial charge in [0.2, 0.25) is 11.8 Å². The number of rotatable bonds is 7. The molecule has 1 aliphatic carbocycles. The fourth-order valence-corrected chi connectivity index (χ4v) is 2.97. The molecule has 0 atom stereocenters. The lowest BCUT2D eigenvalue weighted by Gasteiger charge is -2.16. The van der Waals surface area contributed by atoms with Crippen LogP contribution in [0.5, 0.6) is 17.2 Å². The first-order valence-electron chi connectivity index (χ1n) is 9.22. The van der Waals surface area contributed by atoms with Crippen molar-refractivity contribution in [2.24, 2.45) is 0 Å². The van der Waals surface area contributed by atoms with Crippen molar-refractivity contribution in [1.82, 2.24) is 10.6 Å². The van der Waals surface area contributed by atoms with Crippen LogP contribution in [0.1, 0.15) is 30.9 Å². The predicted octanol–water partition coefficient (Wildman–Crippen LogP) is 3.79. The first-order chi connectivity index (χ1) is 14.1. The van der Waals surface area contributed by atoms with Crippen LogP contribution < -0.4 is 20.1 Å². The number of methoxy groups -OCH3 is 1. The normalized spacial score (nSPS) is 14.6. The van der Waals surface area contributed by atoms with E-state index in [1.165, 1.54) is 38.3 Å². The molecule has 1 aliphatic rings. The molecule has 0 radical (unpaired) electrons. The van der Waals surface area contributed by atoms with Gasteiger partial charge in [-0.25, -0.2) is 0 Å². The summed E-state index contributed by atoms with van der Waals surface area (Å²) in [5.74, 6) is -0.562. The average molecular weight is 422 g/mol. The van der Waals surface area contributed by atoms with Gasteiger partial charge >= 0.3 is 6.18 Å². The monoisotopic (exact) mass is 422 g/mol. The molecule has 9 heteroatoms. The van der Waals surface area contributed by atoms with Gasteiger partial charge in [-0.2, -0.15) is 13.2 Å². The lowest BCUT2D eigenvalue weighted by atomic mass is 10.1. The molecule has 2 amide bonds. The Morgan fingerprint density at radius 3 is 2.23 bits per heavy atom. The Morgan fingerprint density at radius 2 is 1.70 bits per heavy atom. The van der Waals surface area contributed by atoms with Crippen molar-refractivity contribution in [2.75, 3.05) is 7.11 Å². The van der Waals surface area contributed by atoms with Gasteiger partial charge in [-0.3, -0.25) is 9.59 Å². The first-order valence-corrected chi connectivity index (χ1v) is 9.22. The maximum atomic E-state index is 13.3. The number of hydrogen-bond donors (Lipinski definition) is 2. The van der Waals surface area contributed by atoms with E-state index in [9.17, 15) is 22.8 Å². The molecular formula is C21H21F3N2O4. The third-order valence-electron chi connectivity index (χ3n) is 4.70. The van der Waals surface area contributed by atoms with E-state index < -0.39 is 17.3 Å². The van der Waals surface area contributed by atoms with E-state index in [4.69, 9.17) is 9.47 Å². The molecule has 1 fully saturated rings. The Kier molecular flexibility index (Phi) is 5.91. The third kappa shape index (κ3) is 5.03. The van der Waals surface area contributed by atoms with Gasteiger partial charge in [0.1, 0.15) is 28.4 Å². The van der Waals surface area contributed by atoms with E-state index in [2.05, 4.69) is 10.6 Å². The molecule has 1 saturated carbocycles. The minimum absolute atomic E-state index is 0.0773. The van der Waals surface area contributed by atoms with Crippen LogP contribution in [0.2, 0.25) is 0 Å². The van der Waals surface area contributed by atoms with Crippen molar-refractivity contribution >= 4 is 11.8 Å². The molecule has 2 aromatic rings. The second-order valence-electron chi connectivity index (χ2n) is 7.05. The largest absolute Gasteiger partial charge is 0.497 e. The summed E-state index contributed by atoms with van der Waals surface area (Å²) in [4.78, 5) is 23.5. The van der Waals surface area contributed by atoms with Crippen LogP contribution in [-0.2, 0) is 22.3 Å². The standard InChI is InChI=1S/C21H21F3N2O4/c1-13(27)26-20(9-10-20)19(28)25-12-14-3-5-15(6-4-14)30-18-8-7-16(29-2)11-17(18)21(22,23)24/h3-8,11H,9-10,12H2,1-2H3,(H,25,28)(H,26,27). The second kappa shape index (κ2) is 8.25. The summed E-state index contributed by atoms with van der Waals surface area (Å²) in [6.07, 6.45) is -3.41. The zero-order valence-electron chi connectivity index (χ0n) is 16.4. The molecule has 3 rings (SSSR count). The zero-order valence-corrected chi connectivity index (χ0v) is 16.4. The van der Waals surface area contributed by atoms with E-state index in [0.29, 0.717) is 12.8 Å². The Labute approximate surface area is 171 Å². The number of carbonyl (C=O) groups excluding carboxylic acids is 2. The fourth-order valence-electron chi connectivity index (χ4n) is 2.97. The van der Waals surface area contributed by atoms with E-state index in [-0.39, 0.29) is 35.6 Å². The average Bonchev–Trinajstić information content (AvgIpc) is 3.46. The summed E-state index contributed by atoms with van der Waals surface area (Å²) < 4.78 is 50.1. The maximum Gasteiger partial charge on any atom is 0.420 e. The van der Waals surface area contributed by atoms with Crippen molar-refractivity contribution in [3.8, 4) is 17.2 Å². The van der Waals surface area contributed by atoms with Gasteiger partial charge in [0.15, 0.2) is 0 Å². The highest BCUT2D eigenvalue weighted by Gasteiger charge is 2.50. The quantitative estimate of drug-likeness (QED) is 0.712. The minimum atomic E-state index is -4.60. The van der Waals surface area contributed by atoms with Crippen LogP contribution in [0.3, 0.4) is 0 Å². The fraction of sp³-hybridized carbons (Fsp3) is 0.333. The lowest BCUT2D eigenvalue weighted by Crippen LogP contribution is -2.48. The molecule has 6 nitrogen and oxygen atoms in total. The topological polar surface area (TPSA) is 76.7 Å². The molecule has 0 heterocycles. The van der Waals surface area contributed by atoms with Gasteiger partial charge in [-0.05, 0) is 48.7 Å². The molecule has 0 bridgehead atoms. The highest BCUT2D eigenvalue weighted by Crippen LogP contribution is 2.40. The van der Waals surface area contributed by atoms with Gasteiger partial charge in [0.05, 0.1) is 7.11 Å². The predicted molar refractivity (Wildman–Crippen MR) is 102 cm³/mol. The summed E-state index contributed by atoms with van der Waals surface area (Å²) in [5, 5.41) is 5.42. The van der Waals surface area contributed by atoms with Crippen molar-refractivity contribution in [2.45, 2.75) is 38.0 Å². The molecule has 0 aliphatic heterocycles. The molecule has 2 N–H and O–H groups in total. The van der Waals surface area contributed by atoms with E-state index in [0.717, 1.165) is 11.6 Å². The van der Waals surface area contributed by atoms with Crippen LogP contribution >= 0.6 is 0 Å². The molecule has 0 saturated heterocycles. The number of benzene rings is 2. The van der Waals surface area contributed by atoms with Crippen LogP contribution in [0.15, 0.2) is 42.5 Å². The third-order valence-corrected chi connectivity index (χ3v) is 4.70. The number of amides is 2. The van der Waals surface area contributed by atoms with Crippen molar-refractivity contribution in [3.05, 3.63) is 53.6 Å². The number of halogens is 3. The molecule has 0 unspecified atom stereocenters. The number of nitrogens with one attached hydrogen (secondary N) is 2. The lowest BCUT2D eigenvalue weighted by molar-refractivity contribution is -0.138. The van der Waals surface area contributed by atoms with Gasteiger partial charge in [0.25, 0.3) is 0 Å². The molecule has 0 spiro atoms. The van der Waals surface area contributed by atoms with Crippen molar-refractivity contribution in [3.63, 3.8) is 0 Å². The minimum Gasteiger partial charge on any atom is -0.497 e. The molecule has 160 valence electrons. The summed E-state index contributed by atoms with van der Waals surface area (Å²) in [6.45, 7) is 1.58. The van der Waals surface area contributed by atoms with Crippen LogP contribution in [0.25, 0.3) is 0 Å². The summed E-state index contributed by atoms with van der Waals surface area (Å²) >= 11 is 0. The second-order valence-corrected chi connectivity index (χ2v) is 7.05. The highest BCUT2D eigenvalue weighted by atomic mass is 19.4. The van der Waals surface area contributed by atoms with E-state index in [1.807, 2.05) is 0 Å². The van der Waals surface area contributed by atoms with Crippen molar-refractivity contribution in [1.29, 1.82) is 0 Å². The summed E-state index contributed by atoms with van der Waals surface area (Å²) in [5.41, 5.74) is -1.02. The van der Waals surface area contributed by atoms with Gasteiger partial charge in [0, 0.05) is 13.5 Å². The number of alkyl halides is 3. The van der Waals surface area contributed by atoms with Crippen LogP contribution in [-0.4, -0.2) is 24.5 Å². The highest BCUT2D eigenvalue weighted by molar-refractivity contribution is 5.93. The van der Waals surface area contributed by atoms with E-state index >= 15 is 0 Å². The van der Waals surface area contributed by atoms with Crippen molar-refractivity contribution < 1.29 is 32.2 Å². The Hall–Kier alpha value is -3.23. The first kappa shape index (κ1) is 21.5. The van der Waals surface area contributed by atoms with E-state index in [1.54, 1.807) is 12.1 Å². The van der Waals surface area contributed by atoms with Gasteiger partial charge in [-0.1, -0.05) is 12.1 Å². The summed E-state index contributed by atoms with van der Waals surface area (Å²) in [7, 11) is 1.29. The smallest absolute Gasteiger partial charge is 0.420 e. The summed E-state index contributed by atoms with van der Waals surface area (Å²) in [6, 6.07) is 9.79.